The first kappa shape index (κ1) is 13.9. The summed E-state index contributed by atoms with van der Waals surface area (Å²) < 4.78 is 15.3. The normalized spacial score (nSPS) is 37.4. The number of aliphatic hydroxyl groups is 1. The molecule has 1 aliphatic heterocycles. The molecule has 17 heavy (non-hydrogen) atoms. The van der Waals surface area contributed by atoms with Crippen LogP contribution in [0.4, 0.5) is 0 Å². The molecule has 1 N–H and O–H groups in total. The minimum absolute atomic E-state index is 0.174. The van der Waals surface area contributed by atoms with Gasteiger partial charge in [-0.3, -0.25) is 9.59 Å². The van der Waals surface area contributed by atoms with E-state index in [1.807, 2.05) is 0 Å². The van der Waals surface area contributed by atoms with Crippen LogP contribution in [0.3, 0.4) is 0 Å². The maximum absolute atomic E-state index is 11.0. The highest BCUT2D eigenvalue weighted by Crippen LogP contribution is 2.29. The largest absolute Gasteiger partial charge is 0.458 e. The Morgan fingerprint density at radius 2 is 1.53 bits per heavy atom. The zero-order valence-corrected chi connectivity index (χ0v) is 10.4. The second-order valence-electron chi connectivity index (χ2n) is 4.24. The van der Waals surface area contributed by atoms with E-state index in [-0.39, 0.29) is 12.0 Å². The van der Waals surface area contributed by atoms with E-state index in [0.717, 1.165) is 0 Å². The highest BCUT2D eigenvalue weighted by atomic mass is 16.7. The van der Waals surface area contributed by atoms with Gasteiger partial charge in [-0.2, -0.15) is 0 Å². The quantitative estimate of drug-likeness (QED) is 0.702. The number of hydrogen-bond donors (Lipinski definition) is 1. The predicted molar refractivity (Wildman–Crippen MR) is 56.8 cm³/mol. The molecule has 1 unspecified atom stereocenters. The van der Waals surface area contributed by atoms with E-state index >= 15 is 0 Å². The lowest BCUT2D eigenvalue weighted by Crippen LogP contribution is -2.55. The van der Waals surface area contributed by atoms with Crippen LogP contribution in [0.2, 0.25) is 0 Å². The minimum atomic E-state index is -1.28. The Labute approximate surface area is 99.8 Å². The Balaban J connectivity index is 2.86. The van der Waals surface area contributed by atoms with Crippen molar-refractivity contribution in [2.75, 3.05) is 0 Å². The van der Waals surface area contributed by atoms with Gasteiger partial charge < -0.3 is 19.3 Å². The van der Waals surface area contributed by atoms with E-state index in [0.29, 0.717) is 0 Å². The molecule has 0 radical (unpaired) electrons. The molecule has 0 saturated carbocycles. The van der Waals surface area contributed by atoms with Crippen LogP contribution in [-0.4, -0.2) is 41.6 Å². The van der Waals surface area contributed by atoms with Crippen molar-refractivity contribution >= 4 is 11.9 Å². The topological polar surface area (TPSA) is 82.1 Å². The molecule has 0 amide bonds. The summed E-state index contributed by atoms with van der Waals surface area (Å²) in [5, 5.41) is 9.70. The van der Waals surface area contributed by atoms with Crippen LogP contribution in [0, 0.1) is 5.92 Å². The Bertz CT molecular complexity index is 302. The van der Waals surface area contributed by atoms with Gasteiger partial charge in [0, 0.05) is 19.8 Å². The van der Waals surface area contributed by atoms with Crippen molar-refractivity contribution in [1.82, 2.24) is 0 Å². The number of aliphatic hydroxyl groups excluding tert-OH is 1. The summed E-state index contributed by atoms with van der Waals surface area (Å²) in [6.45, 7) is 6.05. The van der Waals surface area contributed by atoms with Crippen LogP contribution in [0.15, 0.2) is 0 Å². The Kier molecular flexibility index (Phi) is 4.47. The summed E-state index contributed by atoms with van der Waals surface area (Å²) in [4.78, 5) is 22.0. The molecular formula is C11H18O6. The molecule has 1 saturated heterocycles. The van der Waals surface area contributed by atoms with E-state index in [1.54, 1.807) is 13.8 Å². The SMILES string of the molecule is CC(=O)O[C@@H]1[C@H](C)[C@H](C)OC(O)[C@H]1OC(C)=O. The van der Waals surface area contributed by atoms with E-state index in [1.165, 1.54) is 13.8 Å². The third kappa shape index (κ3) is 3.41. The monoisotopic (exact) mass is 246 g/mol. The zero-order valence-electron chi connectivity index (χ0n) is 10.4. The number of carbonyl (C=O) groups is 2. The highest BCUT2D eigenvalue weighted by molar-refractivity contribution is 5.67. The second-order valence-corrected chi connectivity index (χ2v) is 4.24. The Hall–Kier alpha value is -1.14. The molecule has 98 valence electrons. The maximum Gasteiger partial charge on any atom is 0.303 e. The van der Waals surface area contributed by atoms with Crippen molar-refractivity contribution in [2.45, 2.75) is 52.3 Å². The van der Waals surface area contributed by atoms with Gasteiger partial charge in [-0.15, -0.1) is 0 Å². The number of esters is 2. The number of hydrogen-bond acceptors (Lipinski definition) is 6. The first-order valence-electron chi connectivity index (χ1n) is 5.51. The second kappa shape index (κ2) is 5.46. The third-order valence-corrected chi connectivity index (χ3v) is 2.82. The molecular weight excluding hydrogens is 228 g/mol. The summed E-state index contributed by atoms with van der Waals surface area (Å²) in [5.74, 6) is -1.22. The molecule has 6 heteroatoms. The average Bonchev–Trinajstić information content (AvgIpc) is 2.19. The Morgan fingerprint density at radius 1 is 1.06 bits per heavy atom. The fraction of sp³-hybridized carbons (Fsp3) is 0.818. The van der Waals surface area contributed by atoms with Gasteiger partial charge in [0.1, 0.15) is 6.10 Å². The van der Waals surface area contributed by atoms with Crippen LogP contribution in [0.5, 0.6) is 0 Å². The van der Waals surface area contributed by atoms with Crippen molar-refractivity contribution < 1.29 is 28.9 Å². The zero-order chi connectivity index (χ0) is 13.2. The molecule has 0 bridgehead atoms. The van der Waals surface area contributed by atoms with Crippen LogP contribution in [0.1, 0.15) is 27.7 Å². The first-order chi connectivity index (χ1) is 7.82. The third-order valence-electron chi connectivity index (χ3n) is 2.82. The molecule has 6 nitrogen and oxygen atoms in total. The Morgan fingerprint density at radius 3 is 2.00 bits per heavy atom. The molecule has 1 heterocycles. The molecule has 0 aliphatic carbocycles. The van der Waals surface area contributed by atoms with Crippen LogP contribution in [-0.2, 0) is 23.8 Å². The lowest BCUT2D eigenvalue weighted by molar-refractivity contribution is -0.271. The van der Waals surface area contributed by atoms with Crippen molar-refractivity contribution in [3.63, 3.8) is 0 Å². The summed E-state index contributed by atoms with van der Waals surface area (Å²) in [7, 11) is 0. The van der Waals surface area contributed by atoms with Gasteiger partial charge in [-0.25, -0.2) is 0 Å². The van der Waals surface area contributed by atoms with Crippen molar-refractivity contribution in [2.24, 2.45) is 5.92 Å². The number of rotatable bonds is 2. The lowest BCUT2D eigenvalue weighted by Gasteiger charge is -2.41. The van der Waals surface area contributed by atoms with Crippen molar-refractivity contribution in [1.29, 1.82) is 0 Å². The number of ether oxygens (including phenoxy) is 3. The van der Waals surface area contributed by atoms with Gasteiger partial charge >= 0.3 is 11.9 Å². The van der Waals surface area contributed by atoms with Crippen molar-refractivity contribution in [3.8, 4) is 0 Å². The highest BCUT2D eigenvalue weighted by Gasteiger charge is 2.45. The van der Waals surface area contributed by atoms with Gasteiger partial charge in [-0.05, 0) is 6.92 Å². The summed E-state index contributed by atoms with van der Waals surface area (Å²) >= 11 is 0. The molecule has 1 fully saturated rings. The first-order valence-corrected chi connectivity index (χ1v) is 5.51. The van der Waals surface area contributed by atoms with Crippen LogP contribution in [0.25, 0.3) is 0 Å². The van der Waals surface area contributed by atoms with Crippen LogP contribution < -0.4 is 0 Å². The van der Waals surface area contributed by atoms with Gasteiger partial charge in [0.25, 0.3) is 0 Å². The molecule has 0 aromatic carbocycles. The smallest absolute Gasteiger partial charge is 0.303 e. The molecule has 1 rings (SSSR count). The fourth-order valence-corrected chi connectivity index (χ4v) is 1.83. The lowest BCUT2D eigenvalue weighted by atomic mass is 9.91. The van der Waals surface area contributed by atoms with E-state index in [2.05, 4.69) is 0 Å². The molecule has 1 aliphatic rings. The van der Waals surface area contributed by atoms with E-state index < -0.39 is 30.4 Å². The van der Waals surface area contributed by atoms with Gasteiger partial charge in [0.2, 0.25) is 0 Å². The summed E-state index contributed by atoms with van der Waals surface area (Å²) in [6, 6.07) is 0. The number of carbonyl (C=O) groups excluding carboxylic acids is 2. The van der Waals surface area contributed by atoms with Gasteiger partial charge in [0.05, 0.1) is 6.10 Å². The predicted octanol–water partition coefficient (Wildman–Crippen LogP) is 0.223. The van der Waals surface area contributed by atoms with E-state index in [9.17, 15) is 14.7 Å². The molecule has 0 aromatic heterocycles. The summed E-state index contributed by atoms with van der Waals surface area (Å²) in [5.41, 5.74) is 0. The standard InChI is InChI=1S/C11H18O6/c1-5-6(2)15-11(14)10(17-8(4)13)9(5)16-7(3)12/h5-6,9-11,14H,1-4H3/t5-,6+,9-,10+,11?/m1/s1. The van der Waals surface area contributed by atoms with Crippen molar-refractivity contribution in [3.05, 3.63) is 0 Å². The minimum Gasteiger partial charge on any atom is -0.458 e. The van der Waals surface area contributed by atoms with E-state index in [4.69, 9.17) is 14.2 Å². The summed E-state index contributed by atoms with van der Waals surface area (Å²) in [6.07, 6.45) is -3.26. The van der Waals surface area contributed by atoms with Gasteiger partial charge in [-0.1, -0.05) is 6.92 Å². The maximum atomic E-state index is 11.0. The fourth-order valence-electron chi connectivity index (χ4n) is 1.83. The molecule has 0 spiro atoms. The molecule has 5 atom stereocenters. The molecule has 0 aromatic rings. The van der Waals surface area contributed by atoms with Gasteiger partial charge in [0.15, 0.2) is 12.4 Å². The average molecular weight is 246 g/mol. The van der Waals surface area contributed by atoms with Crippen LogP contribution >= 0.6 is 0 Å².